The summed E-state index contributed by atoms with van der Waals surface area (Å²) in [6.45, 7) is 6.18. The number of unbranched alkanes of at least 4 members (excludes halogenated alkanes) is 1. The number of amides is 1. The molecular formula is C20H31N3O. The van der Waals surface area contributed by atoms with Gasteiger partial charge in [-0.25, -0.2) is 0 Å². The van der Waals surface area contributed by atoms with E-state index < -0.39 is 0 Å². The summed E-state index contributed by atoms with van der Waals surface area (Å²) in [5.41, 5.74) is 1.48. The minimum Gasteiger partial charge on any atom is -0.356 e. The predicted octanol–water partition coefficient (Wildman–Crippen LogP) is 2.06. The molecule has 0 spiro atoms. The van der Waals surface area contributed by atoms with E-state index in [0.29, 0.717) is 0 Å². The standard InChI is InChI=1S/C20H31N3O/c24-20(19-15-21-16-19)22-10-4-5-11-23-12-8-18(9-13-23)14-17-6-2-1-3-7-17/h1-3,6-7,18-19,21H,4-5,8-16H2,(H,22,24). The lowest BCUT2D eigenvalue weighted by atomic mass is 9.90. The van der Waals surface area contributed by atoms with Gasteiger partial charge in [-0.05, 0) is 63.2 Å². The van der Waals surface area contributed by atoms with Crippen LogP contribution in [0.4, 0.5) is 0 Å². The Labute approximate surface area is 146 Å². The van der Waals surface area contributed by atoms with Gasteiger partial charge >= 0.3 is 0 Å². The van der Waals surface area contributed by atoms with E-state index in [-0.39, 0.29) is 11.8 Å². The van der Waals surface area contributed by atoms with E-state index in [1.807, 2.05) is 0 Å². The van der Waals surface area contributed by atoms with E-state index in [0.717, 1.165) is 32.0 Å². The van der Waals surface area contributed by atoms with Crippen molar-refractivity contribution in [3.05, 3.63) is 35.9 Å². The van der Waals surface area contributed by atoms with Crippen LogP contribution in [0.25, 0.3) is 0 Å². The SMILES string of the molecule is O=C(NCCCCN1CCC(Cc2ccccc2)CC1)C1CNC1. The monoisotopic (exact) mass is 329 g/mol. The number of nitrogens with one attached hydrogen (secondary N) is 2. The summed E-state index contributed by atoms with van der Waals surface area (Å²) in [7, 11) is 0. The average Bonchev–Trinajstić information content (AvgIpc) is 2.55. The predicted molar refractivity (Wildman–Crippen MR) is 97.9 cm³/mol. The van der Waals surface area contributed by atoms with Gasteiger partial charge in [0.25, 0.3) is 0 Å². The quantitative estimate of drug-likeness (QED) is 0.718. The van der Waals surface area contributed by atoms with E-state index in [1.165, 1.54) is 50.9 Å². The minimum absolute atomic E-state index is 0.216. The molecule has 3 rings (SSSR count). The Balaban J connectivity index is 1.23. The zero-order chi connectivity index (χ0) is 16.6. The molecule has 4 heteroatoms. The fourth-order valence-corrected chi connectivity index (χ4v) is 3.65. The maximum absolute atomic E-state index is 11.7. The third kappa shape index (κ3) is 5.32. The molecule has 132 valence electrons. The first-order chi connectivity index (χ1) is 11.8. The minimum atomic E-state index is 0.216. The van der Waals surface area contributed by atoms with E-state index >= 15 is 0 Å². The number of likely N-dealkylation sites (tertiary alicyclic amines) is 1. The molecule has 4 nitrogen and oxygen atoms in total. The van der Waals surface area contributed by atoms with Crippen molar-refractivity contribution in [1.82, 2.24) is 15.5 Å². The van der Waals surface area contributed by atoms with Crippen LogP contribution < -0.4 is 10.6 Å². The van der Waals surface area contributed by atoms with Crippen LogP contribution in [0.3, 0.4) is 0 Å². The van der Waals surface area contributed by atoms with Gasteiger partial charge in [0.15, 0.2) is 0 Å². The number of rotatable bonds is 8. The van der Waals surface area contributed by atoms with Gasteiger partial charge in [-0.15, -0.1) is 0 Å². The first-order valence-corrected chi connectivity index (χ1v) is 9.56. The van der Waals surface area contributed by atoms with Crippen LogP contribution in [-0.4, -0.2) is 50.1 Å². The molecule has 0 unspecified atom stereocenters. The van der Waals surface area contributed by atoms with Crippen LogP contribution >= 0.6 is 0 Å². The topological polar surface area (TPSA) is 44.4 Å². The number of nitrogens with zero attached hydrogens (tertiary/aromatic N) is 1. The Bertz CT molecular complexity index is 493. The Morgan fingerprint density at radius 1 is 1.12 bits per heavy atom. The van der Waals surface area contributed by atoms with Gasteiger partial charge in [0.05, 0.1) is 5.92 Å². The van der Waals surface area contributed by atoms with Crippen molar-refractivity contribution >= 4 is 5.91 Å². The summed E-state index contributed by atoms with van der Waals surface area (Å²) in [4.78, 5) is 14.3. The molecule has 1 aromatic carbocycles. The lowest BCUT2D eigenvalue weighted by Gasteiger charge is -2.32. The molecule has 0 aromatic heterocycles. The third-order valence-corrected chi connectivity index (χ3v) is 5.43. The molecule has 2 N–H and O–H groups in total. The Morgan fingerprint density at radius 3 is 2.54 bits per heavy atom. The second-order valence-electron chi connectivity index (χ2n) is 7.33. The number of benzene rings is 1. The molecule has 1 amide bonds. The van der Waals surface area contributed by atoms with Gasteiger partial charge in [0, 0.05) is 19.6 Å². The first-order valence-electron chi connectivity index (χ1n) is 9.56. The van der Waals surface area contributed by atoms with Crippen LogP contribution in [0.2, 0.25) is 0 Å². The van der Waals surface area contributed by atoms with E-state index in [1.54, 1.807) is 0 Å². The highest BCUT2D eigenvalue weighted by Crippen LogP contribution is 2.21. The van der Waals surface area contributed by atoms with Crippen molar-refractivity contribution in [1.29, 1.82) is 0 Å². The summed E-state index contributed by atoms with van der Waals surface area (Å²) in [6, 6.07) is 10.9. The molecule has 2 aliphatic heterocycles. The van der Waals surface area contributed by atoms with Crippen molar-refractivity contribution in [2.45, 2.75) is 32.1 Å². The van der Waals surface area contributed by atoms with E-state index in [2.05, 4.69) is 45.9 Å². The van der Waals surface area contributed by atoms with Crippen molar-refractivity contribution in [2.75, 3.05) is 39.3 Å². The molecule has 0 aliphatic carbocycles. The van der Waals surface area contributed by atoms with Gasteiger partial charge < -0.3 is 15.5 Å². The second-order valence-corrected chi connectivity index (χ2v) is 7.33. The van der Waals surface area contributed by atoms with Gasteiger partial charge in [-0.2, -0.15) is 0 Å². The molecule has 0 atom stereocenters. The Hall–Kier alpha value is -1.39. The zero-order valence-corrected chi connectivity index (χ0v) is 14.7. The number of carbonyl (C=O) groups is 1. The van der Waals surface area contributed by atoms with Crippen molar-refractivity contribution in [3.8, 4) is 0 Å². The van der Waals surface area contributed by atoms with Crippen molar-refractivity contribution in [2.24, 2.45) is 11.8 Å². The van der Waals surface area contributed by atoms with Gasteiger partial charge in [0.2, 0.25) is 5.91 Å². The lowest BCUT2D eigenvalue weighted by molar-refractivity contribution is -0.126. The average molecular weight is 329 g/mol. The smallest absolute Gasteiger partial charge is 0.225 e. The Morgan fingerprint density at radius 2 is 1.88 bits per heavy atom. The number of piperidine rings is 1. The van der Waals surface area contributed by atoms with Gasteiger partial charge in [-0.3, -0.25) is 4.79 Å². The van der Waals surface area contributed by atoms with E-state index in [9.17, 15) is 4.79 Å². The molecule has 0 saturated carbocycles. The summed E-state index contributed by atoms with van der Waals surface area (Å²) in [5, 5.41) is 6.20. The maximum atomic E-state index is 11.7. The summed E-state index contributed by atoms with van der Waals surface area (Å²) in [6.07, 6.45) is 6.15. The number of hydrogen-bond donors (Lipinski definition) is 2. The highest BCUT2D eigenvalue weighted by atomic mass is 16.2. The maximum Gasteiger partial charge on any atom is 0.225 e. The molecular weight excluding hydrogens is 298 g/mol. The fraction of sp³-hybridized carbons (Fsp3) is 0.650. The molecule has 24 heavy (non-hydrogen) atoms. The Kier molecular flexibility index (Phi) is 6.67. The molecule has 0 bridgehead atoms. The number of hydrogen-bond acceptors (Lipinski definition) is 3. The summed E-state index contributed by atoms with van der Waals surface area (Å²) < 4.78 is 0. The fourth-order valence-electron chi connectivity index (χ4n) is 3.65. The largest absolute Gasteiger partial charge is 0.356 e. The van der Waals surface area contributed by atoms with Gasteiger partial charge in [0.1, 0.15) is 0 Å². The third-order valence-electron chi connectivity index (χ3n) is 5.43. The molecule has 2 aliphatic rings. The zero-order valence-electron chi connectivity index (χ0n) is 14.7. The molecule has 1 aromatic rings. The van der Waals surface area contributed by atoms with Crippen LogP contribution in [0.15, 0.2) is 30.3 Å². The molecule has 2 fully saturated rings. The van der Waals surface area contributed by atoms with Gasteiger partial charge in [-0.1, -0.05) is 30.3 Å². The highest BCUT2D eigenvalue weighted by molar-refractivity contribution is 5.79. The second kappa shape index (κ2) is 9.19. The molecule has 2 heterocycles. The number of carbonyl (C=O) groups excluding carboxylic acids is 1. The van der Waals surface area contributed by atoms with E-state index in [4.69, 9.17) is 0 Å². The molecule has 0 radical (unpaired) electrons. The van der Waals surface area contributed by atoms with Crippen LogP contribution in [0.1, 0.15) is 31.2 Å². The highest BCUT2D eigenvalue weighted by Gasteiger charge is 2.24. The van der Waals surface area contributed by atoms with Crippen LogP contribution in [-0.2, 0) is 11.2 Å². The lowest BCUT2D eigenvalue weighted by Crippen LogP contribution is -2.50. The van der Waals surface area contributed by atoms with Crippen LogP contribution in [0.5, 0.6) is 0 Å². The summed E-state index contributed by atoms with van der Waals surface area (Å²) in [5.74, 6) is 1.29. The van der Waals surface area contributed by atoms with Crippen molar-refractivity contribution < 1.29 is 4.79 Å². The first kappa shape index (κ1) is 17.4. The normalized spacial score (nSPS) is 19.8. The molecule has 2 saturated heterocycles. The summed E-state index contributed by atoms with van der Waals surface area (Å²) >= 11 is 0. The van der Waals surface area contributed by atoms with Crippen LogP contribution in [0, 0.1) is 11.8 Å². The van der Waals surface area contributed by atoms with Crippen molar-refractivity contribution in [3.63, 3.8) is 0 Å².